The van der Waals surface area contributed by atoms with Crippen molar-refractivity contribution < 1.29 is 14.3 Å². The number of esters is 1. The van der Waals surface area contributed by atoms with E-state index >= 15 is 0 Å². The average Bonchev–Trinajstić information content (AvgIpc) is 2.15. The maximum absolute atomic E-state index is 11.2. The third-order valence-electron chi connectivity index (χ3n) is 2.29. The normalized spacial score (nSPS) is 17.2. The van der Waals surface area contributed by atoms with Gasteiger partial charge in [0.25, 0.3) is 0 Å². The lowest BCUT2D eigenvalue weighted by Crippen LogP contribution is -2.43. The van der Waals surface area contributed by atoms with E-state index in [-0.39, 0.29) is 24.0 Å². The summed E-state index contributed by atoms with van der Waals surface area (Å²) in [4.78, 5) is 11.2. The number of rotatable bonds is 6. The molecule has 0 saturated carbocycles. The van der Waals surface area contributed by atoms with Crippen molar-refractivity contribution in [1.82, 2.24) is 5.32 Å². The molecule has 0 aliphatic carbocycles. The monoisotopic (exact) mass is 203 g/mol. The lowest BCUT2D eigenvalue weighted by atomic mass is 10.0. The maximum Gasteiger partial charge on any atom is 0.309 e. The fraction of sp³-hybridized carbons (Fsp3) is 0.900. The first-order valence-corrected chi connectivity index (χ1v) is 4.85. The second kappa shape index (κ2) is 6.79. The molecular formula is C10H21NO3. The Morgan fingerprint density at radius 2 is 1.86 bits per heavy atom. The summed E-state index contributed by atoms with van der Waals surface area (Å²) in [7, 11) is 3.07. The predicted molar refractivity (Wildman–Crippen MR) is 55.1 cm³/mol. The fourth-order valence-corrected chi connectivity index (χ4v) is 1.28. The SMILES string of the molecule is COCC(C)NC(C)C(C)C(=O)OC. The highest BCUT2D eigenvalue weighted by Gasteiger charge is 2.21. The molecular weight excluding hydrogens is 182 g/mol. The van der Waals surface area contributed by atoms with Gasteiger partial charge in [0.15, 0.2) is 0 Å². The van der Waals surface area contributed by atoms with Crippen molar-refractivity contribution in [2.75, 3.05) is 20.8 Å². The summed E-state index contributed by atoms with van der Waals surface area (Å²) in [6.45, 7) is 6.47. The zero-order chi connectivity index (χ0) is 11.1. The molecule has 4 heteroatoms. The van der Waals surface area contributed by atoms with Gasteiger partial charge in [0.2, 0.25) is 0 Å². The van der Waals surface area contributed by atoms with E-state index in [4.69, 9.17) is 4.74 Å². The molecule has 0 aliphatic heterocycles. The molecule has 0 amide bonds. The topological polar surface area (TPSA) is 47.6 Å². The van der Waals surface area contributed by atoms with Crippen LogP contribution in [0.5, 0.6) is 0 Å². The molecule has 3 atom stereocenters. The van der Waals surface area contributed by atoms with Crippen LogP contribution in [0.1, 0.15) is 20.8 Å². The van der Waals surface area contributed by atoms with Gasteiger partial charge < -0.3 is 14.8 Å². The van der Waals surface area contributed by atoms with E-state index in [1.54, 1.807) is 7.11 Å². The number of carbonyl (C=O) groups excluding carboxylic acids is 1. The third kappa shape index (κ3) is 4.58. The summed E-state index contributed by atoms with van der Waals surface area (Å²) >= 11 is 0. The molecule has 0 aromatic heterocycles. The van der Waals surface area contributed by atoms with E-state index in [2.05, 4.69) is 10.1 Å². The number of carbonyl (C=O) groups is 1. The Labute approximate surface area is 86.0 Å². The number of nitrogens with one attached hydrogen (secondary N) is 1. The quantitative estimate of drug-likeness (QED) is 0.649. The minimum Gasteiger partial charge on any atom is -0.469 e. The van der Waals surface area contributed by atoms with E-state index in [0.29, 0.717) is 6.61 Å². The molecule has 0 saturated heterocycles. The van der Waals surface area contributed by atoms with Crippen molar-refractivity contribution in [3.8, 4) is 0 Å². The summed E-state index contributed by atoms with van der Waals surface area (Å²) in [6.07, 6.45) is 0. The maximum atomic E-state index is 11.2. The van der Waals surface area contributed by atoms with Gasteiger partial charge in [-0.3, -0.25) is 4.79 Å². The van der Waals surface area contributed by atoms with Crippen LogP contribution in [0.2, 0.25) is 0 Å². The number of methoxy groups -OCH3 is 2. The Balaban J connectivity index is 3.93. The van der Waals surface area contributed by atoms with Crippen LogP contribution >= 0.6 is 0 Å². The molecule has 0 aromatic carbocycles. The van der Waals surface area contributed by atoms with Crippen LogP contribution in [-0.2, 0) is 14.3 Å². The van der Waals surface area contributed by atoms with Gasteiger partial charge in [-0.05, 0) is 13.8 Å². The Bertz CT molecular complexity index is 173. The Morgan fingerprint density at radius 1 is 1.29 bits per heavy atom. The van der Waals surface area contributed by atoms with Gasteiger partial charge in [-0.25, -0.2) is 0 Å². The summed E-state index contributed by atoms with van der Waals surface area (Å²) in [5.74, 6) is -0.325. The van der Waals surface area contributed by atoms with Gasteiger partial charge in [0.05, 0.1) is 19.6 Å². The molecule has 0 rings (SSSR count). The molecule has 1 N–H and O–H groups in total. The Kier molecular flexibility index (Phi) is 6.49. The van der Waals surface area contributed by atoms with Crippen LogP contribution in [0.4, 0.5) is 0 Å². The van der Waals surface area contributed by atoms with Crippen LogP contribution in [0.25, 0.3) is 0 Å². The first-order chi connectivity index (χ1) is 6.52. The standard InChI is InChI=1S/C10H21NO3/c1-7(6-13-4)11-9(3)8(2)10(12)14-5/h7-9,11H,6H2,1-5H3. The van der Waals surface area contributed by atoms with Gasteiger partial charge >= 0.3 is 5.97 Å². The number of ether oxygens (including phenoxy) is 2. The molecule has 0 aromatic rings. The lowest BCUT2D eigenvalue weighted by Gasteiger charge is -2.23. The second-order valence-corrected chi connectivity index (χ2v) is 3.62. The summed E-state index contributed by atoms with van der Waals surface area (Å²) in [6, 6.07) is 0.328. The van der Waals surface area contributed by atoms with E-state index in [9.17, 15) is 4.79 Å². The van der Waals surface area contributed by atoms with Gasteiger partial charge in [-0.15, -0.1) is 0 Å². The van der Waals surface area contributed by atoms with E-state index < -0.39 is 0 Å². The minimum atomic E-state index is -0.186. The average molecular weight is 203 g/mol. The number of hydrogen-bond donors (Lipinski definition) is 1. The van der Waals surface area contributed by atoms with E-state index in [1.807, 2.05) is 20.8 Å². The third-order valence-corrected chi connectivity index (χ3v) is 2.29. The van der Waals surface area contributed by atoms with Crippen molar-refractivity contribution in [1.29, 1.82) is 0 Å². The van der Waals surface area contributed by atoms with Crippen molar-refractivity contribution >= 4 is 5.97 Å². The highest BCUT2D eigenvalue weighted by molar-refractivity contribution is 5.72. The summed E-state index contributed by atoms with van der Waals surface area (Å²) in [5, 5.41) is 3.27. The molecule has 0 fully saturated rings. The van der Waals surface area contributed by atoms with Gasteiger partial charge in [0, 0.05) is 19.2 Å². The highest BCUT2D eigenvalue weighted by atomic mass is 16.5. The summed E-state index contributed by atoms with van der Waals surface area (Å²) < 4.78 is 9.66. The van der Waals surface area contributed by atoms with Gasteiger partial charge in [-0.1, -0.05) is 6.92 Å². The highest BCUT2D eigenvalue weighted by Crippen LogP contribution is 2.05. The largest absolute Gasteiger partial charge is 0.469 e. The van der Waals surface area contributed by atoms with E-state index in [0.717, 1.165) is 0 Å². The van der Waals surface area contributed by atoms with Crippen molar-refractivity contribution in [3.05, 3.63) is 0 Å². The first-order valence-electron chi connectivity index (χ1n) is 4.85. The first kappa shape index (κ1) is 13.4. The molecule has 0 radical (unpaired) electrons. The van der Waals surface area contributed by atoms with Crippen molar-refractivity contribution in [2.45, 2.75) is 32.9 Å². The molecule has 0 heterocycles. The summed E-state index contributed by atoms with van der Waals surface area (Å²) in [5.41, 5.74) is 0. The van der Waals surface area contributed by atoms with Crippen molar-refractivity contribution in [3.63, 3.8) is 0 Å². The molecule has 4 nitrogen and oxygen atoms in total. The molecule has 0 bridgehead atoms. The minimum absolute atomic E-state index is 0.0904. The van der Waals surface area contributed by atoms with Crippen LogP contribution < -0.4 is 5.32 Å². The molecule has 0 aliphatic rings. The molecule has 0 spiro atoms. The Hall–Kier alpha value is -0.610. The van der Waals surface area contributed by atoms with Gasteiger partial charge in [0.1, 0.15) is 0 Å². The zero-order valence-corrected chi connectivity index (χ0v) is 9.66. The van der Waals surface area contributed by atoms with E-state index in [1.165, 1.54) is 7.11 Å². The fourth-order valence-electron chi connectivity index (χ4n) is 1.28. The van der Waals surface area contributed by atoms with Crippen LogP contribution in [0.15, 0.2) is 0 Å². The molecule has 14 heavy (non-hydrogen) atoms. The molecule has 84 valence electrons. The van der Waals surface area contributed by atoms with Crippen LogP contribution in [-0.4, -0.2) is 38.9 Å². The lowest BCUT2D eigenvalue weighted by molar-refractivity contribution is -0.145. The zero-order valence-electron chi connectivity index (χ0n) is 9.66. The smallest absolute Gasteiger partial charge is 0.309 e. The Morgan fingerprint density at radius 3 is 2.29 bits per heavy atom. The second-order valence-electron chi connectivity index (χ2n) is 3.62. The van der Waals surface area contributed by atoms with Gasteiger partial charge in [-0.2, -0.15) is 0 Å². The van der Waals surface area contributed by atoms with Crippen LogP contribution in [0.3, 0.4) is 0 Å². The molecule has 3 unspecified atom stereocenters. The number of hydrogen-bond acceptors (Lipinski definition) is 4. The van der Waals surface area contributed by atoms with Crippen LogP contribution in [0, 0.1) is 5.92 Å². The van der Waals surface area contributed by atoms with Crippen molar-refractivity contribution in [2.24, 2.45) is 5.92 Å². The predicted octanol–water partition coefficient (Wildman–Crippen LogP) is 0.808.